The summed E-state index contributed by atoms with van der Waals surface area (Å²) in [5.74, 6) is -3.20. The highest BCUT2D eigenvalue weighted by Crippen LogP contribution is 2.18. The van der Waals surface area contributed by atoms with Gasteiger partial charge in [0, 0.05) is 0 Å². The summed E-state index contributed by atoms with van der Waals surface area (Å²) >= 11 is 0. The zero-order chi connectivity index (χ0) is 16.3. The molecule has 1 heterocycles. The highest BCUT2D eigenvalue weighted by atomic mass is 19.1. The summed E-state index contributed by atoms with van der Waals surface area (Å²) in [6.45, 7) is 0. The van der Waals surface area contributed by atoms with Gasteiger partial charge in [-0.15, -0.1) is 0 Å². The third-order valence-electron chi connectivity index (χ3n) is 2.76. The molecule has 0 aliphatic carbocycles. The Bertz CT molecular complexity index is 726. The third-order valence-corrected chi connectivity index (χ3v) is 2.76. The van der Waals surface area contributed by atoms with Crippen LogP contribution in [-0.4, -0.2) is 16.7 Å². The number of benzene rings is 1. The van der Waals surface area contributed by atoms with Crippen molar-refractivity contribution in [2.45, 2.75) is 6.04 Å². The molecule has 2 amide bonds. The fraction of sp³-hybridized carbons (Fsp3) is 0.0769. The molecular weight excluding hydrogens is 297 g/mol. The first-order valence-electron chi connectivity index (χ1n) is 5.98. The summed E-state index contributed by atoms with van der Waals surface area (Å²) in [6, 6.07) is 5.66. The lowest BCUT2D eigenvalue weighted by Crippen LogP contribution is -2.37. The summed E-state index contributed by atoms with van der Waals surface area (Å²) < 4.78 is 17.6. The van der Waals surface area contributed by atoms with Crippen LogP contribution in [0.2, 0.25) is 0 Å². The van der Waals surface area contributed by atoms with Crippen molar-refractivity contribution in [3.8, 4) is 0 Å². The lowest BCUT2D eigenvalue weighted by molar-refractivity contribution is -0.402. The van der Waals surface area contributed by atoms with E-state index >= 15 is 0 Å². The Balaban J connectivity index is 2.20. The molecule has 1 aromatic carbocycles. The maximum atomic E-state index is 12.9. The molecule has 114 valence electrons. The van der Waals surface area contributed by atoms with E-state index in [9.17, 15) is 24.1 Å². The maximum Gasteiger partial charge on any atom is 0.433 e. The standard InChI is InChI=1S/C13H10FN3O5/c14-8-3-1-7(2-4-8)11(12(15)18)16-13(19)9-5-6-10(22-9)17(20)21/h1-6,11H,(H2,15,18)(H,16,19). The highest BCUT2D eigenvalue weighted by molar-refractivity contribution is 5.95. The Hall–Kier alpha value is -3.23. The van der Waals surface area contributed by atoms with Crippen LogP contribution < -0.4 is 11.1 Å². The first-order valence-corrected chi connectivity index (χ1v) is 5.98. The predicted molar refractivity (Wildman–Crippen MR) is 71.2 cm³/mol. The smallest absolute Gasteiger partial charge is 0.395 e. The van der Waals surface area contributed by atoms with Crippen LogP contribution >= 0.6 is 0 Å². The molecule has 8 nitrogen and oxygen atoms in total. The van der Waals surface area contributed by atoms with Crippen LogP contribution in [0.4, 0.5) is 10.3 Å². The SMILES string of the molecule is NC(=O)C(NC(=O)c1ccc([N+](=O)[O-])o1)c1ccc(F)cc1. The number of amides is 2. The first kappa shape index (κ1) is 15.2. The number of furan rings is 1. The maximum absolute atomic E-state index is 12.9. The van der Waals surface area contributed by atoms with Crippen molar-refractivity contribution in [2.75, 3.05) is 0 Å². The second-order valence-electron chi connectivity index (χ2n) is 4.26. The molecule has 2 aromatic rings. The summed E-state index contributed by atoms with van der Waals surface area (Å²) in [4.78, 5) is 33.1. The molecule has 2 rings (SSSR count). The van der Waals surface area contributed by atoms with E-state index in [1.807, 2.05) is 0 Å². The normalized spacial score (nSPS) is 11.7. The number of hydrogen-bond donors (Lipinski definition) is 2. The van der Waals surface area contributed by atoms with E-state index in [0.717, 1.165) is 24.3 Å². The van der Waals surface area contributed by atoms with E-state index in [1.165, 1.54) is 12.1 Å². The molecule has 0 aliphatic rings. The molecule has 3 N–H and O–H groups in total. The van der Waals surface area contributed by atoms with Crippen molar-refractivity contribution in [3.05, 3.63) is 63.7 Å². The number of nitro groups is 1. The molecule has 0 fully saturated rings. The fourth-order valence-electron chi connectivity index (χ4n) is 1.72. The number of nitrogens with one attached hydrogen (secondary N) is 1. The third kappa shape index (κ3) is 3.26. The lowest BCUT2D eigenvalue weighted by atomic mass is 10.1. The molecule has 0 spiro atoms. The topological polar surface area (TPSA) is 128 Å². The van der Waals surface area contributed by atoms with E-state index in [2.05, 4.69) is 5.32 Å². The number of halogens is 1. The quantitative estimate of drug-likeness (QED) is 0.635. The van der Waals surface area contributed by atoms with Gasteiger partial charge >= 0.3 is 5.88 Å². The molecule has 0 saturated carbocycles. The second kappa shape index (κ2) is 6.04. The van der Waals surface area contributed by atoms with Gasteiger partial charge in [0.05, 0.1) is 6.07 Å². The fourth-order valence-corrected chi connectivity index (χ4v) is 1.72. The Morgan fingerprint density at radius 3 is 2.36 bits per heavy atom. The van der Waals surface area contributed by atoms with Crippen LogP contribution in [0.25, 0.3) is 0 Å². The minimum atomic E-state index is -1.22. The van der Waals surface area contributed by atoms with E-state index in [4.69, 9.17) is 10.2 Å². The van der Waals surface area contributed by atoms with E-state index in [-0.39, 0.29) is 11.3 Å². The zero-order valence-electron chi connectivity index (χ0n) is 11.0. The molecule has 0 bridgehead atoms. The summed E-state index contributed by atoms with van der Waals surface area (Å²) in [5.41, 5.74) is 5.47. The highest BCUT2D eigenvalue weighted by Gasteiger charge is 2.24. The monoisotopic (exact) mass is 307 g/mol. The molecule has 0 saturated heterocycles. The molecule has 0 aliphatic heterocycles. The Labute approximate surface area is 122 Å². The molecule has 1 atom stereocenters. The predicted octanol–water partition coefficient (Wildman–Crippen LogP) is 1.28. The van der Waals surface area contributed by atoms with Crippen molar-refractivity contribution < 1.29 is 23.3 Å². The largest absolute Gasteiger partial charge is 0.433 e. The number of nitrogens with zero attached hydrogens (tertiary/aromatic N) is 1. The van der Waals surface area contributed by atoms with Crippen molar-refractivity contribution in [3.63, 3.8) is 0 Å². The number of rotatable bonds is 5. The van der Waals surface area contributed by atoms with Crippen LogP contribution in [0, 0.1) is 15.9 Å². The number of primary amides is 1. The number of carbonyl (C=O) groups excluding carboxylic acids is 2. The summed E-state index contributed by atoms with van der Waals surface area (Å²) in [6.07, 6.45) is 0. The van der Waals surface area contributed by atoms with Crippen molar-refractivity contribution >= 4 is 17.7 Å². The molecular formula is C13H10FN3O5. The Kier molecular flexibility index (Phi) is 4.16. The number of hydrogen-bond acceptors (Lipinski definition) is 5. The van der Waals surface area contributed by atoms with Gasteiger partial charge in [-0.05, 0) is 23.8 Å². The average Bonchev–Trinajstić information content (AvgIpc) is 2.95. The average molecular weight is 307 g/mol. The van der Waals surface area contributed by atoms with Gasteiger partial charge in [0.15, 0.2) is 5.76 Å². The van der Waals surface area contributed by atoms with Crippen molar-refractivity contribution in [1.82, 2.24) is 5.32 Å². The van der Waals surface area contributed by atoms with Gasteiger partial charge < -0.3 is 15.5 Å². The van der Waals surface area contributed by atoms with Crippen LogP contribution in [0.3, 0.4) is 0 Å². The van der Waals surface area contributed by atoms with Gasteiger partial charge in [-0.2, -0.15) is 0 Å². The van der Waals surface area contributed by atoms with Crippen LogP contribution in [0.5, 0.6) is 0 Å². The minimum Gasteiger partial charge on any atom is -0.395 e. The van der Waals surface area contributed by atoms with Gasteiger partial charge in [0.25, 0.3) is 5.91 Å². The number of nitrogens with two attached hydrogens (primary N) is 1. The Morgan fingerprint density at radius 1 is 1.23 bits per heavy atom. The zero-order valence-corrected chi connectivity index (χ0v) is 11.0. The molecule has 1 unspecified atom stereocenters. The van der Waals surface area contributed by atoms with Gasteiger partial charge in [0.1, 0.15) is 16.8 Å². The van der Waals surface area contributed by atoms with Gasteiger partial charge in [-0.3, -0.25) is 19.7 Å². The second-order valence-corrected chi connectivity index (χ2v) is 4.26. The summed E-state index contributed by atoms with van der Waals surface area (Å²) in [5, 5.41) is 12.8. The van der Waals surface area contributed by atoms with E-state index in [0.29, 0.717) is 0 Å². The minimum absolute atomic E-state index is 0.267. The van der Waals surface area contributed by atoms with Crippen LogP contribution in [-0.2, 0) is 4.79 Å². The van der Waals surface area contributed by atoms with E-state index < -0.39 is 34.5 Å². The van der Waals surface area contributed by atoms with Gasteiger partial charge in [-0.1, -0.05) is 12.1 Å². The summed E-state index contributed by atoms with van der Waals surface area (Å²) in [7, 11) is 0. The van der Waals surface area contributed by atoms with E-state index in [1.54, 1.807) is 0 Å². The molecule has 9 heteroatoms. The van der Waals surface area contributed by atoms with Gasteiger partial charge in [0.2, 0.25) is 5.91 Å². The van der Waals surface area contributed by atoms with Crippen molar-refractivity contribution in [1.29, 1.82) is 0 Å². The molecule has 1 aromatic heterocycles. The van der Waals surface area contributed by atoms with Crippen LogP contribution in [0.1, 0.15) is 22.2 Å². The first-order chi connectivity index (χ1) is 10.4. The van der Waals surface area contributed by atoms with Crippen molar-refractivity contribution in [2.24, 2.45) is 5.73 Å². The van der Waals surface area contributed by atoms with Gasteiger partial charge in [-0.25, -0.2) is 4.39 Å². The molecule has 22 heavy (non-hydrogen) atoms. The number of carbonyl (C=O) groups is 2. The Morgan fingerprint density at radius 2 is 1.86 bits per heavy atom. The van der Waals surface area contributed by atoms with Crippen LogP contribution in [0.15, 0.2) is 40.8 Å². The lowest BCUT2D eigenvalue weighted by Gasteiger charge is -2.14. The molecule has 0 radical (unpaired) electrons.